The van der Waals surface area contributed by atoms with Gasteiger partial charge in [-0.3, -0.25) is 9.69 Å². The summed E-state index contributed by atoms with van der Waals surface area (Å²) in [6.07, 6.45) is -1.24. The van der Waals surface area contributed by atoms with Crippen molar-refractivity contribution in [3.63, 3.8) is 0 Å². The molecule has 1 N–H and O–H groups in total. The van der Waals surface area contributed by atoms with Gasteiger partial charge in [0.1, 0.15) is 0 Å². The monoisotopic (exact) mass is 325 g/mol. The SMILES string of the molecule is O=C(CCC1CCNC1)N1CCN(CC(F)(F)C(F)F)CC1. The van der Waals surface area contributed by atoms with Gasteiger partial charge in [0.25, 0.3) is 0 Å². The second kappa shape index (κ2) is 7.59. The van der Waals surface area contributed by atoms with E-state index in [-0.39, 0.29) is 19.0 Å². The molecule has 22 heavy (non-hydrogen) atoms. The lowest BCUT2D eigenvalue weighted by molar-refractivity contribution is -0.148. The van der Waals surface area contributed by atoms with Crippen LogP contribution >= 0.6 is 0 Å². The molecule has 2 fully saturated rings. The molecular formula is C14H23F4N3O. The molecule has 2 aliphatic rings. The number of hydrogen-bond donors (Lipinski definition) is 1. The number of nitrogens with zero attached hydrogens (tertiary/aromatic N) is 2. The third-order valence-corrected chi connectivity index (χ3v) is 4.41. The Morgan fingerprint density at radius 1 is 1.23 bits per heavy atom. The quantitative estimate of drug-likeness (QED) is 0.750. The van der Waals surface area contributed by atoms with E-state index < -0.39 is 18.9 Å². The Morgan fingerprint density at radius 3 is 2.45 bits per heavy atom. The molecule has 2 rings (SSSR count). The maximum atomic E-state index is 13.0. The van der Waals surface area contributed by atoms with Gasteiger partial charge in [0.2, 0.25) is 5.91 Å². The molecule has 1 unspecified atom stereocenters. The lowest BCUT2D eigenvalue weighted by atomic mass is 10.0. The van der Waals surface area contributed by atoms with Gasteiger partial charge in [0.05, 0.1) is 6.54 Å². The van der Waals surface area contributed by atoms with Gasteiger partial charge in [-0.2, -0.15) is 8.78 Å². The predicted octanol–water partition coefficient (Wildman–Crippen LogP) is 1.42. The van der Waals surface area contributed by atoms with Crippen molar-refractivity contribution in [1.29, 1.82) is 0 Å². The van der Waals surface area contributed by atoms with Gasteiger partial charge in [0, 0.05) is 32.6 Å². The Labute approximate surface area is 127 Å². The standard InChI is InChI=1S/C14H23F4N3O/c15-13(16)14(17,18)10-20-5-7-21(8-6-20)12(22)2-1-11-3-4-19-9-11/h11,13,19H,1-10H2. The average molecular weight is 325 g/mol. The van der Waals surface area contributed by atoms with E-state index in [1.54, 1.807) is 4.90 Å². The highest BCUT2D eigenvalue weighted by Gasteiger charge is 2.42. The highest BCUT2D eigenvalue weighted by Crippen LogP contribution is 2.24. The number of rotatable bonds is 6. The Kier molecular flexibility index (Phi) is 6.02. The predicted molar refractivity (Wildman–Crippen MR) is 74.2 cm³/mol. The van der Waals surface area contributed by atoms with Crippen LogP contribution < -0.4 is 5.32 Å². The molecule has 1 atom stereocenters. The zero-order valence-corrected chi connectivity index (χ0v) is 12.5. The number of alkyl halides is 4. The van der Waals surface area contributed by atoms with E-state index in [1.807, 2.05) is 0 Å². The van der Waals surface area contributed by atoms with Crippen LogP contribution in [-0.4, -0.2) is 73.9 Å². The molecule has 0 aromatic heterocycles. The van der Waals surface area contributed by atoms with Gasteiger partial charge in [-0.25, -0.2) is 8.78 Å². The molecule has 0 bridgehead atoms. The van der Waals surface area contributed by atoms with Crippen molar-refractivity contribution in [2.45, 2.75) is 31.6 Å². The first-order valence-electron chi connectivity index (χ1n) is 7.75. The molecular weight excluding hydrogens is 302 g/mol. The van der Waals surface area contributed by atoms with Crippen LogP contribution in [0, 0.1) is 5.92 Å². The van der Waals surface area contributed by atoms with Gasteiger partial charge in [-0.1, -0.05) is 0 Å². The summed E-state index contributed by atoms with van der Waals surface area (Å²) in [6, 6.07) is 0. The van der Waals surface area contributed by atoms with E-state index in [9.17, 15) is 22.4 Å². The molecule has 0 aromatic carbocycles. The van der Waals surface area contributed by atoms with Crippen LogP contribution in [0.2, 0.25) is 0 Å². The smallest absolute Gasteiger partial charge is 0.319 e. The summed E-state index contributed by atoms with van der Waals surface area (Å²) >= 11 is 0. The molecule has 2 aliphatic heterocycles. The van der Waals surface area contributed by atoms with Crippen LogP contribution in [0.25, 0.3) is 0 Å². The number of carbonyl (C=O) groups is 1. The molecule has 0 spiro atoms. The van der Waals surface area contributed by atoms with Gasteiger partial charge in [-0.15, -0.1) is 0 Å². The Hall–Kier alpha value is -0.890. The lowest BCUT2D eigenvalue weighted by Gasteiger charge is -2.36. The molecule has 1 amide bonds. The van der Waals surface area contributed by atoms with Gasteiger partial charge in [0.15, 0.2) is 0 Å². The minimum Gasteiger partial charge on any atom is -0.340 e. The first-order chi connectivity index (χ1) is 10.4. The molecule has 2 saturated heterocycles. The second-order valence-electron chi connectivity index (χ2n) is 6.12. The first kappa shape index (κ1) is 17.5. The van der Waals surface area contributed by atoms with Crippen LogP contribution in [0.3, 0.4) is 0 Å². The van der Waals surface area contributed by atoms with Crippen LogP contribution in [-0.2, 0) is 4.79 Å². The third-order valence-electron chi connectivity index (χ3n) is 4.41. The topological polar surface area (TPSA) is 35.6 Å². The summed E-state index contributed by atoms with van der Waals surface area (Å²) in [5.74, 6) is -3.41. The normalized spacial score (nSPS) is 24.2. The zero-order chi connectivity index (χ0) is 16.2. The molecule has 8 heteroatoms. The highest BCUT2D eigenvalue weighted by atomic mass is 19.3. The number of halogens is 4. The molecule has 128 valence electrons. The minimum absolute atomic E-state index is 0.0344. The summed E-state index contributed by atoms with van der Waals surface area (Å²) in [4.78, 5) is 15.0. The number of hydrogen-bond acceptors (Lipinski definition) is 3. The fraction of sp³-hybridized carbons (Fsp3) is 0.929. The van der Waals surface area contributed by atoms with Crippen LogP contribution in [0.4, 0.5) is 17.6 Å². The summed E-state index contributed by atoms with van der Waals surface area (Å²) in [5, 5.41) is 3.25. The maximum absolute atomic E-state index is 13.0. The third kappa shape index (κ3) is 4.81. The van der Waals surface area contributed by atoms with E-state index >= 15 is 0 Å². The second-order valence-corrected chi connectivity index (χ2v) is 6.12. The van der Waals surface area contributed by atoms with Crippen molar-refractivity contribution in [3.05, 3.63) is 0 Å². The minimum atomic E-state index is -3.98. The fourth-order valence-corrected chi connectivity index (χ4v) is 2.97. The van der Waals surface area contributed by atoms with E-state index in [0.29, 0.717) is 25.4 Å². The average Bonchev–Trinajstić information content (AvgIpc) is 2.98. The van der Waals surface area contributed by atoms with Crippen molar-refractivity contribution < 1.29 is 22.4 Å². The zero-order valence-electron chi connectivity index (χ0n) is 12.5. The first-order valence-corrected chi connectivity index (χ1v) is 7.75. The fourth-order valence-electron chi connectivity index (χ4n) is 2.97. The van der Waals surface area contributed by atoms with Crippen LogP contribution in [0.15, 0.2) is 0 Å². The van der Waals surface area contributed by atoms with E-state index in [4.69, 9.17) is 0 Å². The number of piperazine rings is 1. The number of amides is 1. The molecule has 0 radical (unpaired) electrons. The lowest BCUT2D eigenvalue weighted by Crippen LogP contribution is -2.52. The van der Waals surface area contributed by atoms with Crippen LogP contribution in [0.5, 0.6) is 0 Å². The largest absolute Gasteiger partial charge is 0.340 e. The van der Waals surface area contributed by atoms with Crippen molar-refractivity contribution in [3.8, 4) is 0 Å². The summed E-state index contributed by atoms with van der Waals surface area (Å²) in [6.45, 7) is 2.11. The Morgan fingerprint density at radius 2 is 1.91 bits per heavy atom. The number of carbonyl (C=O) groups excluding carboxylic acids is 1. The molecule has 2 heterocycles. The molecule has 0 aliphatic carbocycles. The molecule has 0 aromatic rings. The van der Waals surface area contributed by atoms with Crippen LogP contribution in [0.1, 0.15) is 19.3 Å². The Balaban J connectivity index is 1.68. The highest BCUT2D eigenvalue weighted by molar-refractivity contribution is 5.76. The van der Waals surface area contributed by atoms with Gasteiger partial charge in [-0.05, 0) is 31.8 Å². The summed E-state index contributed by atoms with van der Waals surface area (Å²) < 4.78 is 50.4. The van der Waals surface area contributed by atoms with Gasteiger partial charge < -0.3 is 10.2 Å². The van der Waals surface area contributed by atoms with Crippen molar-refractivity contribution in [2.24, 2.45) is 5.92 Å². The van der Waals surface area contributed by atoms with E-state index in [2.05, 4.69) is 5.32 Å². The molecule has 4 nitrogen and oxygen atoms in total. The van der Waals surface area contributed by atoms with Crippen molar-refractivity contribution >= 4 is 5.91 Å². The Bertz CT molecular complexity index is 367. The molecule has 0 saturated carbocycles. The summed E-state index contributed by atoms with van der Waals surface area (Å²) in [7, 11) is 0. The maximum Gasteiger partial charge on any atom is 0.319 e. The number of nitrogens with one attached hydrogen (secondary N) is 1. The van der Waals surface area contributed by atoms with Crippen molar-refractivity contribution in [2.75, 3.05) is 45.8 Å². The van der Waals surface area contributed by atoms with Gasteiger partial charge >= 0.3 is 12.3 Å². The van der Waals surface area contributed by atoms with Crippen molar-refractivity contribution in [1.82, 2.24) is 15.1 Å². The van der Waals surface area contributed by atoms with E-state index in [1.165, 1.54) is 4.90 Å². The summed E-state index contributed by atoms with van der Waals surface area (Å²) in [5.41, 5.74) is 0. The van der Waals surface area contributed by atoms with E-state index in [0.717, 1.165) is 25.9 Å².